The summed E-state index contributed by atoms with van der Waals surface area (Å²) in [6, 6.07) is 11.1. The van der Waals surface area contributed by atoms with Gasteiger partial charge in [-0.3, -0.25) is 0 Å². The Kier molecular flexibility index (Phi) is 2.75. The van der Waals surface area contributed by atoms with Crippen molar-refractivity contribution in [3.63, 3.8) is 0 Å². The van der Waals surface area contributed by atoms with E-state index >= 15 is 0 Å². The van der Waals surface area contributed by atoms with Crippen molar-refractivity contribution in [2.75, 3.05) is 7.11 Å². The molecule has 0 saturated carbocycles. The average molecular weight is 270 g/mol. The van der Waals surface area contributed by atoms with Gasteiger partial charge in [-0.25, -0.2) is 4.79 Å². The highest BCUT2D eigenvalue weighted by Crippen LogP contribution is 2.30. The van der Waals surface area contributed by atoms with E-state index in [1.54, 1.807) is 30.9 Å². The van der Waals surface area contributed by atoms with Crippen LogP contribution in [-0.2, 0) is 7.05 Å². The molecule has 20 heavy (non-hydrogen) atoms. The first kappa shape index (κ1) is 12.3. The minimum atomic E-state index is -0.938. The summed E-state index contributed by atoms with van der Waals surface area (Å²) in [5.74, 6) is -0.148. The van der Waals surface area contributed by atoms with Gasteiger partial charge in [-0.1, -0.05) is 6.07 Å². The van der Waals surface area contributed by atoms with E-state index in [2.05, 4.69) is 4.98 Å². The summed E-state index contributed by atoms with van der Waals surface area (Å²) in [4.78, 5) is 14.4. The van der Waals surface area contributed by atoms with Crippen LogP contribution < -0.4 is 4.74 Å². The zero-order valence-corrected chi connectivity index (χ0v) is 11.2. The number of carboxylic acid groups (broad SMARTS) is 1. The van der Waals surface area contributed by atoms with Crippen LogP contribution in [0.15, 0.2) is 36.4 Å². The highest BCUT2D eigenvalue weighted by molar-refractivity contribution is 5.92. The zero-order chi connectivity index (χ0) is 14.3. The lowest BCUT2D eigenvalue weighted by atomic mass is 10.2. The van der Waals surface area contributed by atoms with Crippen LogP contribution in [-0.4, -0.2) is 27.7 Å². The number of methoxy groups -OCH3 is 1. The number of hydrogen-bond donors (Lipinski definition) is 2. The van der Waals surface area contributed by atoms with E-state index in [0.717, 1.165) is 28.0 Å². The summed E-state index contributed by atoms with van der Waals surface area (Å²) in [6.45, 7) is 0. The number of ether oxygens (including phenoxy) is 1. The summed E-state index contributed by atoms with van der Waals surface area (Å²) in [5.41, 5.74) is 2.89. The van der Waals surface area contributed by atoms with Crippen LogP contribution in [0.1, 0.15) is 10.5 Å². The monoisotopic (exact) mass is 270 g/mol. The summed E-state index contributed by atoms with van der Waals surface area (Å²) >= 11 is 0. The fourth-order valence-electron chi connectivity index (χ4n) is 2.44. The van der Waals surface area contributed by atoms with Crippen molar-refractivity contribution in [1.29, 1.82) is 0 Å². The minimum Gasteiger partial charge on any atom is -0.496 e. The van der Waals surface area contributed by atoms with Gasteiger partial charge < -0.3 is 19.4 Å². The van der Waals surface area contributed by atoms with Gasteiger partial charge in [-0.05, 0) is 30.3 Å². The van der Waals surface area contributed by atoms with Gasteiger partial charge in [0.2, 0.25) is 0 Å². The molecule has 0 saturated heterocycles. The summed E-state index contributed by atoms with van der Waals surface area (Å²) in [6.07, 6.45) is 0. The maximum absolute atomic E-state index is 11.1. The maximum Gasteiger partial charge on any atom is 0.352 e. The first-order valence-corrected chi connectivity index (χ1v) is 6.17. The van der Waals surface area contributed by atoms with Crippen LogP contribution in [0.4, 0.5) is 0 Å². The predicted molar refractivity (Wildman–Crippen MR) is 76.2 cm³/mol. The van der Waals surface area contributed by atoms with Gasteiger partial charge in [0, 0.05) is 18.0 Å². The van der Waals surface area contributed by atoms with E-state index in [-0.39, 0.29) is 5.69 Å². The minimum absolute atomic E-state index is 0.255. The highest BCUT2D eigenvalue weighted by Gasteiger charge is 2.14. The normalized spacial score (nSPS) is 10.9. The first-order chi connectivity index (χ1) is 9.61. The number of benzene rings is 1. The number of carboxylic acids is 1. The van der Waals surface area contributed by atoms with Gasteiger partial charge in [0.05, 0.1) is 18.5 Å². The molecule has 0 aliphatic heterocycles. The molecule has 1 aromatic carbocycles. The molecule has 2 heterocycles. The molecular weight excluding hydrogens is 256 g/mol. The molecule has 5 nitrogen and oxygen atoms in total. The number of aromatic carboxylic acids is 1. The van der Waals surface area contributed by atoms with E-state index in [1.807, 2.05) is 24.3 Å². The van der Waals surface area contributed by atoms with E-state index in [9.17, 15) is 4.79 Å². The molecule has 0 aliphatic rings. The molecule has 3 aromatic rings. The number of aromatic nitrogens is 2. The Morgan fingerprint density at radius 1 is 1.30 bits per heavy atom. The van der Waals surface area contributed by atoms with Crippen molar-refractivity contribution >= 4 is 16.9 Å². The van der Waals surface area contributed by atoms with Crippen molar-refractivity contribution in [3.05, 3.63) is 42.1 Å². The second-order valence-corrected chi connectivity index (χ2v) is 4.57. The smallest absolute Gasteiger partial charge is 0.352 e. The second-order valence-electron chi connectivity index (χ2n) is 4.57. The Labute approximate surface area is 115 Å². The number of nitrogens with zero attached hydrogens (tertiary/aromatic N) is 1. The molecule has 102 valence electrons. The summed E-state index contributed by atoms with van der Waals surface area (Å²) in [7, 11) is 3.37. The Morgan fingerprint density at radius 2 is 2.10 bits per heavy atom. The lowest BCUT2D eigenvalue weighted by molar-refractivity contribution is 0.0687. The SMILES string of the molecule is COc1cccc2[nH]c(-c3ccc(C(=O)O)n3C)cc12. The molecule has 2 N–H and O–H groups in total. The summed E-state index contributed by atoms with van der Waals surface area (Å²) in [5, 5.41) is 10.1. The molecular formula is C15H14N2O3. The molecule has 3 rings (SSSR count). The zero-order valence-electron chi connectivity index (χ0n) is 11.2. The molecule has 0 atom stereocenters. The Bertz CT molecular complexity index is 799. The second kappa shape index (κ2) is 4.45. The van der Waals surface area contributed by atoms with Gasteiger partial charge >= 0.3 is 5.97 Å². The van der Waals surface area contributed by atoms with Crippen molar-refractivity contribution in [3.8, 4) is 17.1 Å². The molecule has 2 aromatic heterocycles. The van der Waals surface area contributed by atoms with E-state index < -0.39 is 5.97 Å². The number of rotatable bonds is 3. The van der Waals surface area contributed by atoms with Crippen molar-refractivity contribution < 1.29 is 14.6 Å². The number of nitrogens with one attached hydrogen (secondary N) is 1. The fraction of sp³-hybridized carbons (Fsp3) is 0.133. The number of carbonyl (C=O) groups is 1. The van der Waals surface area contributed by atoms with Crippen LogP contribution in [0, 0.1) is 0 Å². The van der Waals surface area contributed by atoms with E-state index in [4.69, 9.17) is 9.84 Å². The number of fused-ring (bicyclic) bond motifs is 1. The van der Waals surface area contributed by atoms with Gasteiger partial charge in [0.1, 0.15) is 11.4 Å². The third kappa shape index (κ3) is 1.75. The molecule has 5 heteroatoms. The third-order valence-electron chi connectivity index (χ3n) is 3.46. The Hall–Kier alpha value is -2.69. The van der Waals surface area contributed by atoms with Gasteiger partial charge in [-0.15, -0.1) is 0 Å². The van der Waals surface area contributed by atoms with Crippen molar-refractivity contribution in [2.45, 2.75) is 0 Å². The number of hydrogen-bond acceptors (Lipinski definition) is 2. The third-order valence-corrected chi connectivity index (χ3v) is 3.46. The standard InChI is InChI=1S/C15H14N2O3/c1-17-12(6-7-13(17)15(18)19)11-8-9-10(16-11)4-3-5-14(9)20-2/h3-8,16H,1-2H3,(H,18,19). The molecule has 0 unspecified atom stereocenters. The predicted octanol–water partition coefficient (Wildman–Crippen LogP) is 2.88. The van der Waals surface area contributed by atoms with Gasteiger partial charge in [0.15, 0.2) is 0 Å². The van der Waals surface area contributed by atoms with Gasteiger partial charge in [0.25, 0.3) is 0 Å². The van der Waals surface area contributed by atoms with E-state index in [0.29, 0.717) is 0 Å². The molecule has 0 bridgehead atoms. The number of aromatic amines is 1. The highest BCUT2D eigenvalue weighted by atomic mass is 16.5. The topological polar surface area (TPSA) is 67.2 Å². The molecule has 0 aliphatic carbocycles. The fourth-order valence-corrected chi connectivity index (χ4v) is 2.44. The molecule has 0 amide bonds. The van der Waals surface area contributed by atoms with Crippen LogP contribution in [0.2, 0.25) is 0 Å². The largest absolute Gasteiger partial charge is 0.496 e. The van der Waals surface area contributed by atoms with Crippen molar-refractivity contribution in [2.24, 2.45) is 7.05 Å². The summed E-state index contributed by atoms with van der Waals surface area (Å²) < 4.78 is 6.98. The average Bonchev–Trinajstić information content (AvgIpc) is 3.00. The first-order valence-electron chi connectivity index (χ1n) is 6.17. The van der Waals surface area contributed by atoms with Crippen LogP contribution in [0.3, 0.4) is 0 Å². The Balaban J connectivity index is 2.18. The van der Waals surface area contributed by atoms with Crippen LogP contribution in [0.5, 0.6) is 5.75 Å². The quantitative estimate of drug-likeness (QED) is 0.769. The number of H-pyrrole nitrogens is 1. The van der Waals surface area contributed by atoms with E-state index in [1.165, 1.54) is 0 Å². The van der Waals surface area contributed by atoms with Crippen LogP contribution in [0.25, 0.3) is 22.3 Å². The molecule has 0 radical (unpaired) electrons. The lowest BCUT2D eigenvalue weighted by Gasteiger charge is -2.02. The Morgan fingerprint density at radius 3 is 2.75 bits per heavy atom. The van der Waals surface area contributed by atoms with Crippen LogP contribution >= 0.6 is 0 Å². The maximum atomic E-state index is 11.1. The van der Waals surface area contributed by atoms with Gasteiger partial charge in [-0.2, -0.15) is 0 Å². The lowest BCUT2D eigenvalue weighted by Crippen LogP contribution is -2.05. The van der Waals surface area contributed by atoms with Crippen molar-refractivity contribution in [1.82, 2.24) is 9.55 Å². The molecule has 0 fully saturated rings. The molecule has 0 spiro atoms.